The van der Waals surface area contributed by atoms with Crippen LogP contribution in [0.3, 0.4) is 0 Å². The first kappa shape index (κ1) is 13.4. The van der Waals surface area contributed by atoms with Crippen molar-refractivity contribution in [2.45, 2.75) is 25.9 Å². The normalized spacial score (nSPS) is 12.3. The lowest BCUT2D eigenvalue weighted by Gasteiger charge is -2.12. The molecule has 1 aromatic carbocycles. The molecule has 2 rings (SSSR count). The number of hydrogen-bond donors (Lipinski definition) is 2. The number of aromatic carboxylic acids is 1. The Kier molecular flexibility index (Phi) is 4.36. The monoisotopic (exact) mass is 259 g/mol. The van der Waals surface area contributed by atoms with Crippen LogP contribution in [0.5, 0.6) is 0 Å². The second kappa shape index (κ2) is 6.20. The van der Waals surface area contributed by atoms with E-state index in [1.165, 1.54) is 0 Å². The van der Waals surface area contributed by atoms with Crippen LogP contribution in [0.15, 0.2) is 47.1 Å². The Labute approximate surface area is 112 Å². The van der Waals surface area contributed by atoms with Gasteiger partial charge in [-0.25, -0.2) is 4.79 Å². The van der Waals surface area contributed by atoms with Gasteiger partial charge in [0.1, 0.15) is 5.76 Å². The molecular formula is C15H17NO3. The molecule has 2 aromatic rings. The van der Waals surface area contributed by atoms with Crippen LogP contribution in [-0.4, -0.2) is 17.1 Å². The van der Waals surface area contributed by atoms with Crippen molar-refractivity contribution in [2.24, 2.45) is 0 Å². The lowest BCUT2D eigenvalue weighted by atomic mass is 10.1. The number of rotatable bonds is 6. The Hall–Kier alpha value is -2.07. The molecule has 2 N–H and O–H groups in total. The Balaban J connectivity index is 1.83. The molecule has 0 spiro atoms. The molecule has 0 amide bonds. The molecule has 1 atom stereocenters. The fraction of sp³-hybridized carbons (Fsp3) is 0.267. The topological polar surface area (TPSA) is 62.5 Å². The van der Waals surface area contributed by atoms with Crippen molar-refractivity contribution in [1.82, 2.24) is 5.32 Å². The molecule has 4 heteroatoms. The fourth-order valence-corrected chi connectivity index (χ4v) is 1.86. The third-order valence-electron chi connectivity index (χ3n) is 2.94. The SMILES string of the molecule is CC(Cc1ccco1)NCc1ccc(C(=O)O)cc1. The minimum atomic E-state index is -0.898. The third-order valence-corrected chi connectivity index (χ3v) is 2.94. The van der Waals surface area contributed by atoms with E-state index in [-0.39, 0.29) is 0 Å². The van der Waals surface area contributed by atoms with Crippen LogP contribution in [0.25, 0.3) is 0 Å². The molecule has 1 heterocycles. The van der Waals surface area contributed by atoms with Gasteiger partial charge in [0.15, 0.2) is 0 Å². The zero-order chi connectivity index (χ0) is 13.7. The maximum Gasteiger partial charge on any atom is 0.335 e. The van der Waals surface area contributed by atoms with Crippen LogP contribution in [0.4, 0.5) is 0 Å². The highest BCUT2D eigenvalue weighted by atomic mass is 16.4. The smallest absolute Gasteiger partial charge is 0.335 e. The summed E-state index contributed by atoms with van der Waals surface area (Å²) >= 11 is 0. The van der Waals surface area contributed by atoms with Gasteiger partial charge in [-0.2, -0.15) is 0 Å². The number of benzene rings is 1. The number of carbonyl (C=O) groups is 1. The number of hydrogen-bond acceptors (Lipinski definition) is 3. The van der Waals surface area contributed by atoms with E-state index >= 15 is 0 Å². The van der Waals surface area contributed by atoms with Crippen LogP contribution in [-0.2, 0) is 13.0 Å². The van der Waals surface area contributed by atoms with Crippen LogP contribution in [0.1, 0.15) is 28.6 Å². The molecule has 0 fully saturated rings. The Morgan fingerprint density at radius 1 is 1.32 bits per heavy atom. The quantitative estimate of drug-likeness (QED) is 0.837. The van der Waals surface area contributed by atoms with Gasteiger partial charge in [-0.15, -0.1) is 0 Å². The van der Waals surface area contributed by atoms with Gasteiger partial charge in [-0.05, 0) is 36.8 Å². The number of carboxylic acids is 1. The highest BCUT2D eigenvalue weighted by molar-refractivity contribution is 5.87. The molecule has 0 saturated heterocycles. The first-order valence-corrected chi connectivity index (χ1v) is 6.23. The van der Waals surface area contributed by atoms with Gasteiger partial charge in [0.2, 0.25) is 0 Å². The van der Waals surface area contributed by atoms with Crippen molar-refractivity contribution < 1.29 is 14.3 Å². The maximum atomic E-state index is 10.7. The number of nitrogens with one attached hydrogen (secondary N) is 1. The molecule has 4 nitrogen and oxygen atoms in total. The Morgan fingerprint density at radius 3 is 2.63 bits per heavy atom. The van der Waals surface area contributed by atoms with Gasteiger partial charge in [-0.3, -0.25) is 0 Å². The second-order valence-electron chi connectivity index (χ2n) is 4.57. The minimum Gasteiger partial charge on any atom is -0.478 e. The summed E-state index contributed by atoms with van der Waals surface area (Å²) < 4.78 is 5.29. The van der Waals surface area contributed by atoms with E-state index in [2.05, 4.69) is 12.2 Å². The molecule has 1 aromatic heterocycles. The molecule has 0 saturated carbocycles. The standard InChI is InChI=1S/C15H17NO3/c1-11(9-14-3-2-8-19-14)16-10-12-4-6-13(7-5-12)15(17)18/h2-8,11,16H,9-10H2,1H3,(H,17,18). The molecule has 0 aliphatic carbocycles. The van der Waals surface area contributed by atoms with Gasteiger partial charge in [0, 0.05) is 19.0 Å². The molecule has 0 aliphatic heterocycles. The average molecular weight is 259 g/mol. The summed E-state index contributed by atoms with van der Waals surface area (Å²) in [5.74, 6) is 0.0620. The first-order valence-electron chi connectivity index (χ1n) is 6.23. The van der Waals surface area contributed by atoms with Crippen LogP contribution < -0.4 is 5.32 Å². The lowest BCUT2D eigenvalue weighted by molar-refractivity contribution is 0.0697. The minimum absolute atomic E-state index is 0.297. The van der Waals surface area contributed by atoms with Gasteiger partial charge >= 0.3 is 5.97 Å². The number of carboxylic acid groups (broad SMARTS) is 1. The highest BCUT2D eigenvalue weighted by Gasteiger charge is 2.06. The lowest BCUT2D eigenvalue weighted by Crippen LogP contribution is -2.27. The Morgan fingerprint density at radius 2 is 2.05 bits per heavy atom. The van der Waals surface area contributed by atoms with Crippen LogP contribution >= 0.6 is 0 Å². The molecule has 100 valence electrons. The largest absolute Gasteiger partial charge is 0.478 e. The van der Waals surface area contributed by atoms with Crippen molar-refractivity contribution in [3.8, 4) is 0 Å². The van der Waals surface area contributed by atoms with E-state index in [9.17, 15) is 4.79 Å². The van der Waals surface area contributed by atoms with Gasteiger partial charge in [-0.1, -0.05) is 12.1 Å². The highest BCUT2D eigenvalue weighted by Crippen LogP contribution is 2.07. The summed E-state index contributed by atoms with van der Waals surface area (Å²) in [5, 5.41) is 12.2. The predicted octanol–water partition coefficient (Wildman–Crippen LogP) is 2.70. The van der Waals surface area contributed by atoms with E-state index in [1.807, 2.05) is 24.3 Å². The van der Waals surface area contributed by atoms with E-state index in [4.69, 9.17) is 9.52 Å². The van der Waals surface area contributed by atoms with Crippen molar-refractivity contribution in [2.75, 3.05) is 0 Å². The number of furan rings is 1. The van der Waals surface area contributed by atoms with E-state index in [0.717, 1.165) is 17.7 Å². The summed E-state index contributed by atoms with van der Waals surface area (Å²) in [6, 6.07) is 11.0. The molecule has 0 aliphatic rings. The van der Waals surface area contributed by atoms with Crippen molar-refractivity contribution in [1.29, 1.82) is 0 Å². The molecular weight excluding hydrogens is 242 g/mol. The molecule has 19 heavy (non-hydrogen) atoms. The zero-order valence-corrected chi connectivity index (χ0v) is 10.8. The van der Waals surface area contributed by atoms with Crippen LogP contribution in [0.2, 0.25) is 0 Å². The Bertz CT molecular complexity index is 517. The van der Waals surface area contributed by atoms with Gasteiger partial charge in [0.25, 0.3) is 0 Å². The van der Waals surface area contributed by atoms with Gasteiger partial charge in [0.05, 0.1) is 11.8 Å². The second-order valence-corrected chi connectivity index (χ2v) is 4.57. The first-order chi connectivity index (χ1) is 9.15. The molecule has 0 radical (unpaired) electrons. The summed E-state index contributed by atoms with van der Waals surface area (Å²) in [4.78, 5) is 10.7. The summed E-state index contributed by atoms with van der Waals surface area (Å²) in [7, 11) is 0. The molecule has 1 unspecified atom stereocenters. The average Bonchev–Trinajstić information content (AvgIpc) is 2.89. The van der Waals surface area contributed by atoms with Crippen molar-refractivity contribution in [3.05, 3.63) is 59.5 Å². The van der Waals surface area contributed by atoms with E-state index < -0.39 is 5.97 Å². The van der Waals surface area contributed by atoms with E-state index in [0.29, 0.717) is 18.2 Å². The summed E-state index contributed by atoms with van der Waals surface area (Å²) in [6.07, 6.45) is 2.51. The van der Waals surface area contributed by atoms with Crippen molar-refractivity contribution in [3.63, 3.8) is 0 Å². The predicted molar refractivity (Wildman–Crippen MR) is 72.1 cm³/mol. The summed E-state index contributed by atoms with van der Waals surface area (Å²) in [5.41, 5.74) is 1.38. The van der Waals surface area contributed by atoms with Crippen LogP contribution in [0, 0.1) is 0 Å². The fourth-order valence-electron chi connectivity index (χ4n) is 1.86. The molecule has 0 bridgehead atoms. The maximum absolute atomic E-state index is 10.7. The van der Waals surface area contributed by atoms with E-state index in [1.54, 1.807) is 18.4 Å². The van der Waals surface area contributed by atoms with Crippen molar-refractivity contribution >= 4 is 5.97 Å². The summed E-state index contributed by atoms with van der Waals surface area (Å²) in [6.45, 7) is 2.80. The van der Waals surface area contributed by atoms with Gasteiger partial charge < -0.3 is 14.8 Å². The third kappa shape index (κ3) is 3.96. The zero-order valence-electron chi connectivity index (χ0n) is 10.8.